The van der Waals surface area contributed by atoms with Crippen molar-refractivity contribution < 1.29 is 14.5 Å². The number of hydrogen-bond acceptors (Lipinski definition) is 5. The van der Waals surface area contributed by atoms with Gasteiger partial charge in [0.2, 0.25) is 5.91 Å². The topological polar surface area (TPSA) is 113 Å². The molecule has 0 bridgehead atoms. The Morgan fingerprint density at radius 2 is 1.60 bits per heavy atom. The van der Waals surface area contributed by atoms with Crippen molar-refractivity contribution in [2.24, 2.45) is 0 Å². The molecule has 0 aliphatic carbocycles. The number of hydrogen-bond donors (Lipinski definition) is 3. The number of benzene rings is 3. The first kappa shape index (κ1) is 20.5. The van der Waals surface area contributed by atoms with Crippen LogP contribution in [-0.4, -0.2) is 16.7 Å². The first-order valence-corrected chi connectivity index (χ1v) is 9.13. The third-order valence-electron chi connectivity index (χ3n) is 4.32. The van der Waals surface area contributed by atoms with Gasteiger partial charge in [0, 0.05) is 35.6 Å². The lowest BCUT2D eigenvalue weighted by Gasteiger charge is -2.12. The Labute approximate surface area is 173 Å². The van der Waals surface area contributed by atoms with Gasteiger partial charge in [0.05, 0.1) is 4.92 Å². The normalized spacial score (nSPS) is 10.2. The molecule has 8 heteroatoms. The second-order valence-electron chi connectivity index (χ2n) is 6.65. The molecular weight excluding hydrogens is 384 g/mol. The van der Waals surface area contributed by atoms with Gasteiger partial charge < -0.3 is 16.0 Å². The average Bonchev–Trinajstić information content (AvgIpc) is 2.71. The van der Waals surface area contributed by atoms with E-state index in [4.69, 9.17) is 0 Å². The highest BCUT2D eigenvalue weighted by atomic mass is 16.6. The lowest BCUT2D eigenvalue weighted by atomic mass is 10.1. The standard InChI is InChI=1S/C22H20N4O4/c1-14-8-10-18(23-15(2)27)13-20(14)25-22(28)16-9-11-19(21(12-16)26(29)30)24-17-6-4-3-5-7-17/h3-13,24H,1-2H3,(H,23,27)(H,25,28). The van der Waals surface area contributed by atoms with E-state index in [2.05, 4.69) is 16.0 Å². The number of nitrogens with one attached hydrogen (secondary N) is 3. The van der Waals surface area contributed by atoms with Crippen LogP contribution in [0, 0.1) is 17.0 Å². The van der Waals surface area contributed by atoms with Gasteiger partial charge in [-0.1, -0.05) is 24.3 Å². The molecule has 3 aromatic carbocycles. The minimum Gasteiger partial charge on any atom is -0.350 e. The highest BCUT2D eigenvalue weighted by Crippen LogP contribution is 2.29. The van der Waals surface area contributed by atoms with Crippen LogP contribution < -0.4 is 16.0 Å². The molecule has 30 heavy (non-hydrogen) atoms. The molecule has 0 aliphatic rings. The van der Waals surface area contributed by atoms with Gasteiger partial charge in [-0.25, -0.2) is 0 Å². The summed E-state index contributed by atoms with van der Waals surface area (Å²) in [6, 6.07) is 18.4. The summed E-state index contributed by atoms with van der Waals surface area (Å²) in [5.41, 5.74) is 2.74. The third kappa shape index (κ3) is 4.99. The summed E-state index contributed by atoms with van der Waals surface area (Å²) in [6.45, 7) is 3.20. The Kier molecular flexibility index (Phi) is 6.07. The summed E-state index contributed by atoms with van der Waals surface area (Å²) in [5.74, 6) is -0.722. The summed E-state index contributed by atoms with van der Waals surface area (Å²) < 4.78 is 0. The number of carbonyl (C=O) groups excluding carboxylic acids is 2. The first-order chi connectivity index (χ1) is 14.3. The highest BCUT2D eigenvalue weighted by Gasteiger charge is 2.18. The Morgan fingerprint density at radius 1 is 0.867 bits per heavy atom. The van der Waals surface area contributed by atoms with Gasteiger partial charge in [0.1, 0.15) is 5.69 Å². The number of rotatable bonds is 6. The van der Waals surface area contributed by atoms with Crippen molar-refractivity contribution in [2.45, 2.75) is 13.8 Å². The summed E-state index contributed by atoms with van der Waals surface area (Å²) in [5, 5.41) is 19.9. The molecule has 8 nitrogen and oxygen atoms in total. The molecule has 2 amide bonds. The Bertz CT molecular complexity index is 1110. The first-order valence-electron chi connectivity index (χ1n) is 9.13. The summed E-state index contributed by atoms with van der Waals surface area (Å²) in [7, 11) is 0. The van der Waals surface area contributed by atoms with E-state index in [1.54, 1.807) is 30.3 Å². The van der Waals surface area contributed by atoms with Crippen LogP contribution in [0.2, 0.25) is 0 Å². The highest BCUT2D eigenvalue weighted by molar-refractivity contribution is 6.06. The van der Waals surface area contributed by atoms with E-state index in [0.717, 1.165) is 5.56 Å². The van der Waals surface area contributed by atoms with Gasteiger partial charge in [0.15, 0.2) is 0 Å². The number of aryl methyl sites for hydroxylation is 1. The number of amides is 2. The van der Waals surface area contributed by atoms with Crippen molar-refractivity contribution in [3.8, 4) is 0 Å². The fraction of sp³-hybridized carbons (Fsp3) is 0.0909. The Hall–Kier alpha value is -4.20. The van der Waals surface area contributed by atoms with E-state index in [0.29, 0.717) is 17.1 Å². The number of nitro groups is 1. The SMILES string of the molecule is CC(=O)Nc1ccc(C)c(NC(=O)c2ccc(Nc3ccccc3)c([N+](=O)[O-])c2)c1. The zero-order chi connectivity index (χ0) is 21.7. The molecule has 3 N–H and O–H groups in total. The summed E-state index contributed by atoms with van der Waals surface area (Å²) >= 11 is 0. The van der Waals surface area contributed by atoms with Crippen LogP contribution in [0.4, 0.5) is 28.4 Å². The molecule has 0 radical (unpaired) electrons. The quantitative estimate of drug-likeness (QED) is 0.401. The van der Waals surface area contributed by atoms with Crippen LogP contribution in [0.25, 0.3) is 0 Å². The van der Waals surface area contributed by atoms with Crippen LogP contribution >= 0.6 is 0 Å². The van der Waals surface area contributed by atoms with Gasteiger partial charge in [0.25, 0.3) is 11.6 Å². The smallest absolute Gasteiger partial charge is 0.293 e. The summed E-state index contributed by atoms with van der Waals surface area (Å²) in [4.78, 5) is 35.0. The molecule has 0 spiro atoms. The molecule has 0 aliphatic heterocycles. The maximum Gasteiger partial charge on any atom is 0.293 e. The number of para-hydroxylation sites is 1. The number of anilines is 4. The van der Waals surface area contributed by atoms with Crippen LogP contribution in [0.3, 0.4) is 0 Å². The fourth-order valence-corrected chi connectivity index (χ4v) is 2.84. The molecule has 0 atom stereocenters. The van der Waals surface area contributed by atoms with E-state index in [-0.39, 0.29) is 22.8 Å². The van der Waals surface area contributed by atoms with E-state index >= 15 is 0 Å². The van der Waals surface area contributed by atoms with Gasteiger partial charge in [-0.3, -0.25) is 19.7 Å². The molecular formula is C22H20N4O4. The zero-order valence-corrected chi connectivity index (χ0v) is 16.4. The minimum atomic E-state index is -0.537. The van der Waals surface area contributed by atoms with Crippen LogP contribution in [-0.2, 0) is 4.79 Å². The van der Waals surface area contributed by atoms with Crippen LogP contribution in [0.5, 0.6) is 0 Å². The van der Waals surface area contributed by atoms with Gasteiger partial charge >= 0.3 is 0 Å². The second-order valence-corrected chi connectivity index (χ2v) is 6.65. The molecule has 0 fully saturated rings. The van der Waals surface area contributed by atoms with Gasteiger partial charge in [-0.2, -0.15) is 0 Å². The molecule has 0 saturated carbocycles. The minimum absolute atomic E-state index is 0.143. The molecule has 0 heterocycles. The van der Waals surface area contributed by atoms with Gasteiger partial charge in [-0.15, -0.1) is 0 Å². The summed E-state index contributed by atoms with van der Waals surface area (Å²) in [6.07, 6.45) is 0. The van der Waals surface area contributed by atoms with Crippen LogP contribution in [0.15, 0.2) is 66.7 Å². The molecule has 152 valence electrons. The predicted molar refractivity (Wildman–Crippen MR) is 116 cm³/mol. The second kappa shape index (κ2) is 8.87. The fourth-order valence-electron chi connectivity index (χ4n) is 2.84. The largest absolute Gasteiger partial charge is 0.350 e. The molecule has 0 aromatic heterocycles. The Morgan fingerprint density at radius 3 is 2.27 bits per heavy atom. The lowest BCUT2D eigenvalue weighted by molar-refractivity contribution is -0.383. The predicted octanol–water partition coefficient (Wildman–Crippen LogP) is 4.86. The monoisotopic (exact) mass is 404 g/mol. The molecule has 0 saturated heterocycles. The molecule has 3 rings (SSSR count). The maximum absolute atomic E-state index is 12.7. The lowest BCUT2D eigenvalue weighted by Crippen LogP contribution is -2.14. The van der Waals surface area contributed by atoms with Crippen molar-refractivity contribution in [2.75, 3.05) is 16.0 Å². The number of carbonyl (C=O) groups is 2. The van der Waals surface area contributed by atoms with Crippen molar-refractivity contribution >= 4 is 40.3 Å². The molecule has 3 aromatic rings. The van der Waals surface area contributed by atoms with Crippen LogP contribution in [0.1, 0.15) is 22.8 Å². The van der Waals surface area contributed by atoms with E-state index in [1.807, 2.05) is 25.1 Å². The van der Waals surface area contributed by atoms with Gasteiger partial charge in [-0.05, 0) is 48.9 Å². The third-order valence-corrected chi connectivity index (χ3v) is 4.32. The Balaban J connectivity index is 1.85. The average molecular weight is 404 g/mol. The number of nitrogens with zero attached hydrogens (tertiary/aromatic N) is 1. The van der Waals surface area contributed by atoms with Crippen molar-refractivity contribution in [3.63, 3.8) is 0 Å². The zero-order valence-electron chi connectivity index (χ0n) is 16.4. The van der Waals surface area contributed by atoms with Crippen molar-refractivity contribution in [1.82, 2.24) is 0 Å². The number of nitro benzene ring substituents is 1. The van der Waals surface area contributed by atoms with E-state index in [1.165, 1.54) is 25.1 Å². The van der Waals surface area contributed by atoms with E-state index < -0.39 is 10.8 Å². The molecule has 0 unspecified atom stereocenters. The van der Waals surface area contributed by atoms with Crippen molar-refractivity contribution in [3.05, 3.63) is 88.0 Å². The van der Waals surface area contributed by atoms with E-state index in [9.17, 15) is 19.7 Å². The maximum atomic E-state index is 12.7. The van der Waals surface area contributed by atoms with Crippen molar-refractivity contribution in [1.29, 1.82) is 0 Å².